The molecule has 0 radical (unpaired) electrons. The van der Waals surface area contributed by atoms with Crippen LogP contribution in [0.4, 0.5) is 0 Å². The zero-order valence-electron chi connectivity index (χ0n) is 19.5. The summed E-state index contributed by atoms with van der Waals surface area (Å²) in [5.41, 5.74) is 8.55. The third kappa shape index (κ3) is 2.93. The predicted octanol–water partition coefficient (Wildman–Crippen LogP) is 5.61. The Balaban J connectivity index is 1.73. The van der Waals surface area contributed by atoms with Crippen molar-refractivity contribution in [2.45, 2.75) is 26.8 Å². The van der Waals surface area contributed by atoms with E-state index in [1.54, 1.807) is 14.2 Å². The lowest BCUT2D eigenvalue weighted by molar-refractivity contribution is 0.354. The van der Waals surface area contributed by atoms with Crippen molar-refractivity contribution < 1.29 is 14.0 Å². The van der Waals surface area contributed by atoms with Crippen LogP contribution in [0.2, 0.25) is 0 Å². The lowest BCUT2D eigenvalue weighted by Crippen LogP contribution is -2.12. The number of aromatic nitrogens is 4. The van der Waals surface area contributed by atoms with Gasteiger partial charge in [0.15, 0.2) is 17.3 Å². The Hall–Kier alpha value is -4.13. The van der Waals surface area contributed by atoms with Gasteiger partial charge >= 0.3 is 0 Å². The molecule has 0 saturated carbocycles. The zero-order chi connectivity index (χ0) is 23.4. The van der Waals surface area contributed by atoms with Crippen LogP contribution < -0.4 is 9.47 Å². The minimum Gasteiger partial charge on any atom is -0.493 e. The Kier molecular flexibility index (Phi) is 4.65. The molecule has 0 N–H and O–H groups in total. The molecule has 0 amide bonds. The van der Waals surface area contributed by atoms with Crippen molar-refractivity contribution in [1.82, 2.24) is 19.7 Å². The summed E-state index contributed by atoms with van der Waals surface area (Å²) in [7, 11) is 3.33. The molecule has 0 saturated heterocycles. The number of ether oxygens (including phenoxy) is 2. The minimum atomic E-state index is 0.507. The smallest absolute Gasteiger partial charge is 0.260 e. The molecule has 7 heteroatoms. The largest absolute Gasteiger partial charge is 0.493 e. The van der Waals surface area contributed by atoms with Crippen molar-refractivity contribution >= 4 is 10.9 Å². The van der Waals surface area contributed by atoms with Crippen LogP contribution in [0.15, 0.2) is 53.2 Å². The van der Waals surface area contributed by atoms with Crippen LogP contribution in [-0.2, 0) is 13.0 Å². The quantitative estimate of drug-likeness (QED) is 0.353. The predicted molar refractivity (Wildman–Crippen MR) is 130 cm³/mol. The Morgan fingerprint density at radius 2 is 1.74 bits per heavy atom. The van der Waals surface area contributed by atoms with Crippen molar-refractivity contribution in [3.8, 4) is 45.3 Å². The summed E-state index contributed by atoms with van der Waals surface area (Å²) in [6.07, 6.45) is 2.75. The van der Waals surface area contributed by atoms with E-state index in [2.05, 4.69) is 50.9 Å². The van der Waals surface area contributed by atoms with Crippen LogP contribution in [0.3, 0.4) is 0 Å². The number of hydrogen-bond donors (Lipinski definition) is 0. The van der Waals surface area contributed by atoms with E-state index in [1.807, 2.05) is 31.3 Å². The molecule has 1 aliphatic rings. The first-order valence-electron chi connectivity index (χ1n) is 11.2. The van der Waals surface area contributed by atoms with E-state index < -0.39 is 0 Å². The van der Waals surface area contributed by atoms with E-state index in [4.69, 9.17) is 14.0 Å². The lowest BCUT2D eigenvalue weighted by atomic mass is 9.92. The molecule has 5 aromatic rings. The molecular formula is C27H24N4O3. The number of pyridine rings is 1. The van der Waals surface area contributed by atoms with Crippen LogP contribution in [0.25, 0.3) is 44.7 Å². The molecule has 0 bridgehead atoms. The standard InChI is InChI=1S/C27H24N4O3/c1-15-24(19-9-11-28-21-8-6-5-7-18(19)21)25(27-29-16(2)30-34-27)26-20-14-23(33-4)22(32-3)13-17(20)10-12-31(15)26/h5-9,11,13-14H,10,12H2,1-4H3. The van der Waals surface area contributed by atoms with Crippen LogP contribution in [0, 0.1) is 13.8 Å². The number of aryl methyl sites for hydroxylation is 2. The molecule has 2 aromatic carbocycles. The summed E-state index contributed by atoms with van der Waals surface area (Å²) in [6, 6.07) is 14.4. The van der Waals surface area contributed by atoms with Gasteiger partial charge in [-0.1, -0.05) is 23.4 Å². The second-order valence-electron chi connectivity index (χ2n) is 8.47. The highest BCUT2D eigenvalue weighted by atomic mass is 16.5. The van der Waals surface area contributed by atoms with Crippen molar-refractivity contribution in [3.05, 3.63) is 65.7 Å². The van der Waals surface area contributed by atoms with Gasteiger partial charge in [-0.2, -0.15) is 4.98 Å². The maximum absolute atomic E-state index is 5.77. The van der Waals surface area contributed by atoms with Crippen LogP contribution in [0.1, 0.15) is 17.1 Å². The molecule has 34 heavy (non-hydrogen) atoms. The highest BCUT2D eigenvalue weighted by Gasteiger charge is 2.32. The Bertz CT molecular complexity index is 1560. The fraction of sp³-hybridized carbons (Fsp3) is 0.222. The Morgan fingerprint density at radius 1 is 0.941 bits per heavy atom. The number of methoxy groups -OCH3 is 2. The molecule has 3 aromatic heterocycles. The van der Waals surface area contributed by atoms with E-state index in [0.717, 1.165) is 63.3 Å². The average molecular weight is 453 g/mol. The zero-order valence-corrected chi connectivity index (χ0v) is 19.5. The Morgan fingerprint density at radius 3 is 2.50 bits per heavy atom. The van der Waals surface area contributed by atoms with Gasteiger partial charge in [0.1, 0.15) is 0 Å². The fourth-order valence-corrected chi connectivity index (χ4v) is 5.13. The molecule has 7 nitrogen and oxygen atoms in total. The minimum absolute atomic E-state index is 0.507. The molecule has 0 unspecified atom stereocenters. The summed E-state index contributed by atoms with van der Waals surface area (Å²) in [5, 5.41) is 5.20. The van der Waals surface area contributed by atoms with Crippen LogP contribution in [0.5, 0.6) is 11.5 Å². The van der Waals surface area contributed by atoms with Gasteiger partial charge in [0.05, 0.1) is 31.0 Å². The van der Waals surface area contributed by atoms with E-state index >= 15 is 0 Å². The lowest BCUT2D eigenvalue weighted by Gasteiger charge is -2.23. The SMILES string of the molecule is COc1cc2c(cc1OC)-c1c(-c3nc(C)no3)c(-c3ccnc4ccccc34)c(C)n1CC2. The molecule has 170 valence electrons. The molecule has 0 atom stereocenters. The molecule has 4 heterocycles. The third-order valence-corrected chi connectivity index (χ3v) is 6.65. The van der Waals surface area contributed by atoms with Crippen LogP contribution >= 0.6 is 0 Å². The van der Waals surface area contributed by atoms with Gasteiger partial charge in [-0.25, -0.2) is 0 Å². The highest BCUT2D eigenvalue weighted by Crippen LogP contribution is 2.49. The third-order valence-electron chi connectivity index (χ3n) is 6.65. The van der Waals surface area contributed by atoms with E-state index in [1.165, 1.54) is 5.56 Å². The summed E-state index contributed by atoms with van der Waals surface area (Å²) < 4.78 is 19.4. The maximum Gasteiger partial charge on any atom is 0.260 e. The highest BCUT2D eigenvalue weighted by molar-refractivity contribution is 6.03. The first-order valence-corrected chi connectivity index (χ1v) is 11.2. The van der Waals surface area contributed by atoms with Gasteiger partial charge < -0.3 is 18.6 Å². The van der Waals surface area contributed by atoms with Gasteiger partial charge in [0.2, 0.25) is 0 Å². The van der Waals surface area contributed by atoms with Crippen molar-refractivity contribution in [2.24, 2.45) is 0 Å². The number of benzene rings is 2. The number of nitrogens with zero attached hydrogens (tertiary/aromatic N) is 4. The van der Waals surface area contributed by atoms with E-state index in [0.29, 0.717) is 17.5 Å². The number of para-hydroxylation sites is 1. The van der Waals surface area contributed by atoms with Crippen molar-refractivity contribution in [3.63, 3.8) is 0 Å². The van der Waals surface area contributed by atoms with E-state index in [9.17, 15) is 0 Å². The maximum atomic E-state index is 5.77. The Labute approximate surface area is 197 Å². The molecule has 0 spiro atoms. The average Bonchev–Trinajstić information content (AvgIpc) is 3.43. The topological polar surface area (TPSA) is 75.2 Å². The first kappa shape index (κ1) is 20.5. The second kappa shape index (κ2) is 7.73. The molecule has 1 aliphatic heterocycles. The van der Waals surface area contributed by atoms with Crippen molar-refractivity contribution in [2.75, 3.05) is 14.2 Å². The van der Waals surface area contributed by atoms with Gasteiger partial charge in [0, 0.05) is 34.9 Å². The summed E-state index contributed by atoms with van der Waals surface area (Å²) in [6.45, 7) is 4.84. The monoisotopic (exact) mass is 452 g/mol. The number of rotatable bonds is 4. The van der Waals surface area contributed by atoms with Gasteiger partial charge in [-0.3, -0.25) is 4.98 Å². The first-order chi connectivity index (χ1) is 16.6. The second-order valence-corrected chi connectivity index (χ2v) is 8.47. The van der Waals surface area contributed by atoms with Gasteiger partial charge in [-0.15, -0.1) is 0 Å². The number of hydrogen-bond acceptors (Lipinski definition) is 6. The van der Waals surface area contributed by atoms with Crippen molar-refractivity contribution in [1.29, 1.82) is 0 Å². The number of fused-ring (bicyclic) bond motifs is 4. The summed E-state index contributed by atoms with van der Waals surface area (Å²) in [4.78, 5) is 9.23. The van der Waals surface area contributed by atoms with Gasteiger partial charge in [-0.05, 0) is 55.7 Å². The van der Waals surface area contributed by atoms with Crippen LogP contribution in [-0.4, -0.2) is 33.9 Å². The molecule has 6 rings (SSSR count). The van der Waals surface area contributed by atoms with Gasteiger partial charge in [0.25, 0.3) is 5.89 Å². The fourth-order valence-electron chi connectivity index (χ4n) is 5.13. The molecule has 0 aliphatic carbocycles. The summed E-state index contributed by atoms with van der Waals surface area (Å²) >= 11 is 0. The van der Waals surface area contributed by atoms with E-state index in [-0.39, 0.29) is 0 Å². The molecule has 0 fully saturated rings. The molecular weight excluding hydrogens is 428 g/mol. The normalized spacial score (nSPS) is 12.5. The summed E-state index contributed by atoms with van der Waals surface area (Å²) in [5.74, 6) is 2.53.